The summed E-state index contributed by atoms with van der Waals surface area (Å²) < 4.78 is 0. The number of carbonyl (C=O) groups is 2. The van der Waals surface area contributed by atoms with Crippen molar-refractivity contribution in [3.05, 3.63) is 21.9 Å². The molecule has 0 aliphatic carbocycles. The van der Waals surface area contributed by atoms with Crippen LogP contribution >= 0.6 is 11.3 Å². The highest BCUT2D eigenvalue weighted by Gasteiger charge is 2.17. The van der Waals surface area contributed by atoms with Gasteiger partial charge in [-0.3, -0.25) is 4.79 Å². The maximum absolute atomic E-state index is 12.0. The van der Waals surface area contributed by atoms with Crippen LogP contribution in [-0.4, -0.2) is 35.0 Å². The Hall–Kier alpha value is -1.80. The zero-order valence-corrected chi connectivity index (χ0v) is 10.3. The molecule has 1 aromatic heterocycles. The summed E-state index contributed by atoms with van der Waals surface area (Å²) in [5.41, 5.74) is 0. The number of carbonyl (C=O) groups excluding carboxylic acids is 1. The summed E-state index contributed by atoms with van der Waals surface area (Å²) in [6, 6.07) is 2.95. The first-order valence-electron chi connectivity index (χ1n) is 5.16. The number of aromatic carboxylic acids is 1. The number of nitrogens with zero attached hydrogens (tertiary/aromatic N) is 1. The van der Waals surface area contributed by atoms with Crippen molar-refractivity contribution in [2.24, 2.45) is 0 Å². The van der Waals surface area contributed by atoms with Crippen LogP contribution in [0.5, 0.6) is 0 Å². The lowest BCUT2D eigenvalue weighted by Gasteiger charge is -2.18. The largest absolute Gasteiger partial charge is 0.477 e. The first kappa shape index (κ1) is 13.3. The van der Waals surface area contributed by atoms with Crippen LogP contribution in [0.2, 0.25) is 0 Å². The molecule has 0 spiro atoms. The minimum atomic E-state index is -1.02. The van der Waals surface area contributed by atoms with Gasteiger partial charge in [-0.25, -0.2) is 4.79 Å². The molecule has 0 aromatic carbocycles. The highest BCUT2D eigenvalue weighted by Crippen LogP contribution is 2.18. The topological polar surface area (TPSA) is 57.6 Å². The third-order valence-electron chi connectivity index (χ3n) is 2.09. The van der Waals surface area contributed by atoms with E-state index in [9.17, 15) is 9.59 Å². The smallest absolute Gasteiger partial charge is 0.345 e. The molecule has 1 heterocycles. The summed E-state index contributed by atoms with van der Waals surface area (Å²) in [5, 5.41) is 8.78. The monoisotopic (exact) mass is 251 g/mol. The van der Waals surface area contributed by atoms with Crippen molar-refractivity contribution in [1.82, 2.24) is 4.90 Å². The van der Waals surface area contributed by atoms with Gasteiger partial charge in [0.1, 0.15) is 4.88 Å². The summed E-state index contributed by atoms with van der Waals surface area (Å²) in [5.74, 6) is 1.20. The first-order valence-corrected chi connectivity index (χ1v) is 5.97. The number of hydrogen-bond donors (Lipinski definition) is 1. The van der Waals surface area contributed by atoms with E-state index in [2.05, 4.69) is 5.92 Å². The van der Waals surface area contributed by atoms with Crippen molar-refractivity contribution >= 4 is 23.2 Å². The molecule has 1 N–H and O–H groups in total. The zero-order chi connectivity index (χ0) is 12.8. The molecule has 0 bridgehead atoms. The van der Waals surface area contributed by atoms with Gasteiger partial charge in [0.25, 0.3) is 5.91 Å². The molecule has 1 amide bonds. The van der Waals surface area contributed by atoms with Crippen LogP contribution in [0.3, 0.4) is 0 Å². The average molecular weight is 251 g/mol. The highest BCUT2D eigenvalue weighted by molar-refractivity contribution is 7.15. The van der Waals surface area contributed by atoms with Crippen molar-refractivity contribution in [2.75, 3.05) is 13.1 Å². The fraction of sp³-hybridized carbons (Fsp3) is 0.333. The van der Waals surface area contributed by atoms with Crippen molar-refractivity contribution in [3.8, 4) is 12.3 Å². The minimum Gasteiger partial charge on any atom is -0.477 e. The molecular weight excluding hydrogens is 238 g/mol. The van der Waals surface area contributed by atoms with Crippen LogP contribution in [0, 0.1) is 12.3 Å². The summed E-state index contributed by atoms with van der Waals surface area (Å²) in [7, 11) is 0. The van der Waals surface area contributed by atoms with E-state index in [4.69, 9.17) is 11.5 Å². The maximum Gasteiger partial charge on any atom is 0.345 e. The van der Waals surface area contributed by atoms with E-state index in [0.717, 1.165) is 17.8 Å². The predicted octanol–water partition coefficient (Wildman–Crippen LogP) is 1.93. The number of terminal acetylenes is 1. The van der Waals surface area contributed by atoms with E-state index in [1.165, 1.54) is 17.0 Å². The van der Waals surface area contributed by atoms with Gasteiger partial charge in [0.2, 0.25) is 0 Å². The van der Waals surface area contributed by atoms with Crippen molar-refractivity contribution in [2.45, 2.75) is 13.3 Å². The van der Waals surface area contributed by atoms with Gasteiger partial charge < -0.3 is 10.0 Å². The second-order valence-electron chi connectivity index (χ2n) is 3.40. The summed E-state index contributed by atoms with van der Waals surface area (Å²) >= 11 is 0.970. The Morgan fingerprint density at radius 1 is 1.47 bits per heavy atom. The molecule has 0 fully saturated rings. The molecule has 90 valence electrons. The lowest BCUT2D eigenvalue weighted by molar-refractivity contribution is 0.0701. The number of carboxylic acids is 1. The molecule has 5 heteroatoms. The molecule has 0 aliphatic heterocycles. The highest BCUT2D eigenvalue weighted by atomic mass is 32.1. The molecular formula is C12H13NO3S. The van der Waals surface area contributed by atoms with E-state index in [1.807, 2.05) is 6.92 Å². The summed E-state index contributed by atoms with van der Waals surface area (Å²) in [6.45, 7) is 2.77. The molecule has 1 rings (SSSR count). The van der Waals surface area contributed by atoms with E-state index < -0.39 is 5.97 Å². The van der Waals surface area contributed by atoms with Gasteiger partial charge >= 0.3 is 5.97 Å². The molecule has 0 saturated carbocycles. The van der Waals surface area contributed by atoms with Crippen LogP contribution in [0.1, 0.15) is 32.7 Å². The second kappa shape index (κ2) is 6.06. The Morgan fingerprint density at radius 3 is 2.59 bits per heavy atom. The summed E-state index contributed by atoms with van der Waals surface area (Å²) in [4.78, 5) is 24.8. The Bertz CT molecular complexity index is 459. The number of carboxylic acid groups (broad SMARTS) is 1. The first-order chi connectivity index (χ1) is 8.10. The maximum atomic E-state index is 12.0. The third kappa shape index (κ3) is 3.33. The van der Waals surface area contributed by atoms with Gasteiger partial charge in [-0.05, 0) is 18.6 Å². The van der Waals surface area contributed by atoms with E-state index >= 15 is 0 Å². The fourth-order valence-corrected chi connectivity index (χ4v) is 2.17. The van der Waals surface area contributed by atoms with Crippen LogP contribution < -0.4 is 0 Å². The molecule has 0 aliphatic rings. The number of rotatable bonds is 5. The average Bonchev–Trinajstić information content (AvgIpc) is 2.77. The molecule has 4 nitrogen and oxygen atoms in total. The van der Waals surface area contributed by atoms with E-state index in [0.29, 0.717) is 11.4 Å². The standard InChI is InChI=1S/C12H13NO3S/c1-3-7-13(8-4-2)11(14)9-5-6-10(17-9)12(15)16/h1,5-6H,4,7-8H2,2H3,(H,15,16). The Balaban J connectivity index is 2.85. The number of thiophene rings is 1. The van der Waals surface area contributed by atoms with Crippen molar-refractivity contribution in [3.63, 3.8) is 0 Å². The predicted molar refractivity (Wildman–Crippen MR) is 66.3 cm³/mol. The van der Waals surface area contributed by atoms with Crippen LogP contribution in [0.4, 0.5) is 0 Å². The van der Waals surface area contributed by atoms with E-state index in [-0.39, 0.29) is 17.3 Å². The minimum absolute atomic E-state index is 0.158. The summed E-state index contributed by atoms with van der Waals surface area (Å²) in [6.07, 6.45) is 6.00. The van der Waals surface area contributed by atoms with Crippen molar-refractivity contribution in [1.29, 1.82) is 0 Å². The van der Waals surface area contributed by atoms with Crippen LogP contribution in [0.15, 0.2) is 12.1 Å². The molecule has 0 saturated heterocycles. The lowest BCUT2D eigenvalue weighted by atomic mass is 10.3. The van der Waals surface area contributed by atoms with Crippen LogP contribution in [0.25, 0.3) is 0 Å². The number of hydrogen-bond acceptors (Lipinski definition) is 3. The van der Waals surface area contributed by atoms with Crippen LogP contribution in [-0.2, 0) is 0 Å². The third-order valence-corrected chi connectivity index (χ3v) is 3.15. The van der Waals surface area contributed by atoms with Gasteiger partial charge in [-0.2, -0.15) is 0 Å². The normalized spacial score (nSPS) is 9.65. The fourth-order valence-electron chi connectivity index (χ4n) is 1.36. The van der Waals surface area contributed by atoms with Gasteiger partial charge in [-0.1, -0.05) is 12.8 Å². The van der Waals surface area contributed by atoms with Crippen molar-refractivity contribution < 1.29 is 14.7 Å². The van der Waals surface area contributed by atoms with Gasteiger partial charge in [-0.15, -0.1) is 17.8 Å². The molecule has 0 atom stereocenters. The quantitative estimate of drug-likeness (QED) is 0.813. The Labute approximate surface area is 104 Å². The number of amides is 1. The second-order valence-corrected chi connectivity index (χ2v) is 4.48. The SMILES string of the molecule is C#CCN(CCC)C(=O)c1ccc(C(=O)O)s1. The molecule has 1 aromatic rings. The Kier molecular flexibility index (Phi) is 4.73. The van der Waals surface area contributed by atoms with Gasteiger partial charge in [0.15, 0.2) is 0 Å². The van der Waals surface area contributed by atoms with Gasteiger partial charge in [0, 0.05) is 6.54 Å². The molecule has 17 heavy (non-hydrogen) atoms. The van der Waals surface area contributed by atoms with E-state index in [1.54, 1.807) is 0 Å². The lowest BCUT2D eigenvalue weighted by Crippen LogP contribution is -2.31. The van der Waals surface area contributed by atoms with Gasteiger partial charge in [0.05, 0.1) is 11.4 Å². The Morgan fingerprint density at radius 2 is 2.12 bits per heavy atom. The zero-order valence-electron chi connectivity index (χ0n) is 9.47. The molecule has 0 unspecified atom stereocenters. The molecule has 0 radical (unpaired) electrons.